The summed E-state index contributed by atoms with van der Waals surface area (Å²) in [5.74, 6) is -0.379. The summed E-state index contributed by atoms with van der Waals surface area (Å²) < 4.78 is 0. The Balaban J connectivity index is -0.0000000720. The molecule has 4 nitrogen and oxygen atoms in total. The van der Waals surface area contributed by atoms with Crippen LogP contribution in [0.25, 0.3) is 0 Å². The molecule has 0 heterocycles. The van der Waals surface area contributed by atoms with Crippen molar-refractivity contribution in [2.45, 2.75) is 20.3 Å². The van der Waals surface area contributed by atoms with Crippen LogP contribution >= 0.6 is 0 Å². The van der Waals surface area contributed by atoms with Crippen LogP contribution in [-0.2, 0) is 4.79 Å². The van der Waals surface area contributed by atoms with Gasteiger partial charge in [-0.2, -0.15) is 0 Å². The molecule has 0 radical (unpaired) electrons. The van der Waals surface area contributed by atoms with E-state index >= 15 is 0 Å². The molecule has 0 fully saturated rings. The number of aliphatic hydroxyl groups is 1. The van der Waals surface area contributed by atoms with Crippen LogP contribution in [0.5, 0.6) is 0 Å². The van der Waals surface area contributed by atoms with Crippen molar-refractivity contribution in [2.75, 3.05) is 19.7 Å². The molecule has 0 rings (SSSR count). The summed E-state index contributed by atoms with van der Waals surface area (Å²) in [6, 6.07) is 0. The average Bonchev–Trinajstić information content (AvgIpc) is 2.02. The van der Waals surface area contributed by atoms with Crippen LogP contribution in [0.15, 0.2) is 0 Å². The minimum Gasteiger partial charge on any atom is -0.387 e. The number of aliphatic hydroxyl groups excluding tert-OH is 1. The predicted molar refractivity (Wildman–Crippen MR) is 49.3 cm³/mol. The predicted octanol–water partition coefficient (Wildman–Crippen LogP) is -0.0381. The highest BCUT2D eigenvalue weighted by Crippen LogP contribution is 1.58. The number of hydrogen-bond acceptors (Lipinski definition) is 3. The second-order valence-corrected chi connectivity index (χ2v) is 2.00. The second-order valence-electron chi connectivity index (χ2n) is 2.00. The minimum absolute atomic E-state index is 0. The molecular weight excluding hydrogens is 144 g/mol. The van der Waals surface area contributed by atoms with Crippen molar-refractivity contribution in [2.24, 2.45) is 5.73 Å². The number of carbonyl (C=O) groups is 1. The first kappa shape index (κ1) is 13.0. The lowest BCUT2D eigenvalue weighted by Gasteiger charge is -1.96. The van der Waals surface area contributed by atoms with Gasteiger partial charge in [-0.15, -0.1) is 0 Å². The average molecular weight is 166 g/mol. The largest absolute Gasteiger partial charge is 0.387 e. The van der Waals surface area contributed by atoms with Crippen LogP contribution in [-0.4, -0.2) is 30.7 Å². The third kappa shape index (κ3) is 17.7. The fourth-order valence-electron chi connectivity index (χ4n) is 0.267. The van der Waals surface area contributed by atoms with Gasteiger partial charge in [-0.25, -0.2) is 0 Å². The van der Waals surface area contributed by atoms with E-state index in [4.69, 9.17) is 10.8 Å². The highest BCUT2D eigenvalue weighted by molar-refractivity contribution is 5.76. The number of carbonyl (C=O) groups excluding carboxylic acids is 1. The Bertz CT molecular complexity index is 94.6. The summed E-state index contributed by atoms with van der Waals surface area (Å²) >= 11 is 0. The fraction of sp³-hybridized carbons (Fsp3) is 0.857. The van der Waals surface area contributed by atoms with Crippen molar-refractivity contribution in [1.29, 1.82) is 0 Å². The molecule has 4 N–H and O–H groups in total. The number of rotatable bonds is 3. The van der Waals surface area contributed by atoms with Crippen LogP contribution in [0.3, 0.4) is 0 Å². The van der Waals surface area contributed by atoms with E-state index < -0.39 is 6.61 Å². The molecule has 4 heteroatoms. The van der Waals surface area contributed by atoms with Gasteiger partial charge >= 0.3 is 0 Å². The van der Waals surface area contributed by atoms with Gasteiger partial charge in [0.15, 0.2) is 0 Å². The van der Waals surface area contributed by atoms with E-state index in [2.05, 4.69) is 19.2 Å². The Morgan fingerprint density at radius 2 is 2.09 bits per heavy atom. The van der Waals surface area contributed by atoms with E-state index in [9.17, 15) is 4.79 Å². The molecule has 0 unspecified atom stereocenters. The van der Waals surface area contributed by atoms with E-state index in [1.807, 2.05) is 0 Å². The third-order valence-corrected chi connectivity index (χ3v) is 0.610. The molecule has 0 aromatic heterocycles. The van der Waals surface area contributed by atoms with Gasteiger partial charge in [-0.3, -0.25) is 4.79 Å². The van der Waals surface area contributed by atoms with Crippen LogP contribution in [0.4, 0.5) is 0 Å². The first-order chi connectivity index (χ1) is 5.22. The SMILES string of the molecule is CCC.NCCNC(=O)CO.[HH].[HH]. The van der Waals surface area contributed by atoms with Crippen LogP contribution < -0.4 is 11.1 Å². The zero-order valence-corrected chi connectivity index (χ0v) is 7.26. The van der Waals surface area contributed by atoms with Crippen molar-refractivity contribution in [3.05, 3.63) is 0 Å². The molecule has 0 aliphatic carbocycles. The van der Waals surface area contributed by atoms with Crippen molar-refractivity contribution < 1.29 is 12.8 Å². The van der Waals surface area contributed by atoms with E-state index in [0.717, 1.165) is 0 Å². The zero-order chi connectivity index (χ0) is 9.11. The highest BCUT2D eigenvalue weighted by Gasteiger charge is 1.92. The summed E-state index contributed by atoms with van der Waals surface area (Å²) in [7, 11) is 0. The Morgan fingerprint density at radius 1 is 1.64 bits per heavy atom. The van der Waals surface area contributed by atoms with Gasteiger partial charge in [-0.1, -0.05) is 20.3 Å². The summed E-state index contributed by atoms with van der Waals surface area (Å²) in [5, 5.41) is 10.5. The topological polar surface area (TPSA) is 75.3 Å². The lowest BCUT2D eigenvalue weighted by molar-refractivity contribution is -0.123. The lowest BCUT2D eigenvalue weighted by atomic mass is 10.6. The van der Waals surface area contributed by atoms with E-state index in [1.54, 1.807) is 0 Å². The van der Waals surface area contributed by atoms with Gasteiger partial charge in [0.2, 0.25) is 5.91 Å². The van der Waals surface area contributed by atoms with Gasteiger partial charge in [-0.05, 0) is 0 Å². The molecule has 0 aliphatic heterocycles. The first-order valence-corrected chi connectivity index (χ1v) is 3.80. The summed E-state index contributed by atoms with van der Waals surface area (Å²) in [6.45, 7) is 4.63. The number of nitrogens with two attached hydrogens (primary N) is 1. The molecule has 0 atom stereocenters. The zero-order valence-electron chi connectivity index (χ0n) is 7.26. The lowest BCUT2D eigenvalue weighted by Crippen LogP contribution is -2.30. The Kier molecular flexibility index (Phi) is 14.3. The summed E-state index contributed by atoms with van der Waals surface area (Å²) in [4.78, 5) is 10.2. The van der Waals surface area contributed by atoms with Gasteiger partial charge in [0.25, 0.3) is 0 Å². The fourth-order valence-corrected chi connectivity index (χ4v) is 0.267. The number of amides is 1. The maximum absolute atomic E-state index is 10.2. The smallest absolute Gasteiger partial charge is 0.245 e. The Labute approximate surface area is 70.7 Å². The molecule has 0 aromatic carbocycles. The van der Waals surface area contributed by atoms with Crippen LogP contribution in [0.1, 0.15) is 23.1 Å². The van der Waals surface area contributed by atoms with Crippen molar-refractivity contribution >= 4 is 5.91 Å². The van der Waals surface area contributed by atoms with Crippen molar-refractivity contribution in [1.82, 2.24) is 5.32 Å². The molecule has 0 bridgehead atoms. The second kappa shape index (κ2) is 12.1. The molecule has 0 spiro atoms. The maximum atomic E-state index is 10.2. The molecule has 1 amide bonds. The van der Waals surface area contributed by atoms with E-state index in [-0.39, 0.29) is 8.76 Å². The quantitative estimate of drug-likeness (QED) is 0.551. The molecule has 0 aromatic rings. The van der Waals surface area contributed by atoms with Crippen molar-refractivity contribution in [3.8, 4) is 0 Å². The van der Waals surface area contributed by atoms with E-state index in [0.29, 0.717) is 13.1 Å². The summed E-state index contributed by atoms with van der Waals surface area (Å²) in [6.07, 6.45) is 1.25. The Hall–Kier alpha value is -0.610. The molecule has 72 valence electrons. The molecule has 0 saturated carbocycles. The van der Waals surface area contributed by atoms with Crippen LogP contribution in [0.2, 0.25) is 0 Å². The third-order valence-electron chi connectivity index (χ3n) is 0.610. The molecular formula is C7H22N2O2. The normalized spacial score (nSPS) is 8.00. The summed E-state index contributed by atoms with van der Waals surface area (Å²) in [5.41, 5.74) is 5.04. The Morgan fingerprint density at radius 3 is 2.36 bits per heavy atom. The molecule has 0 aliphatic rings. The van der Waals surface area contributed by atoms with Crippen molar-refractivity contribution in [3.63, 3.8) is 0 Å². The van der Waals surface area contributed by atoms with Gasteiger partial charge < -0.3 is 16.2 Å². The standard InChI is InChI=1S/C4H10N2O2.C3H8.2H2/c5-1-2-6-4(8)3-7;1-3-2;;/h7H,1-3,5H2,(H,6,8);3H2,1-2H3;2*1H. The minimum atomic E-state index is -0.458. The van der Waals surface area contributed by atoms with Gasteiger partial charge in [0.05, 0.1) is 0 Å². The first-order valence-electron chi connectivity index (χ1n) is 3.80. The number of hydrogen-bond donors (Lipinski definition) is 3. The number of nitrogens with one attached hydrogen (secondary N) is 1. The van der Waals surface area contributed by atoms with E-state index in [1.165, 1.54) is 6.42 Å². The molecule has 0 saturated heterocycles. The highest BCUT2D eigenvalue weighted by atomic mass is 16.3. The molecule has 11 heavy (non-hydrogen) atoms. The monoisotopic (exact) mass is 166 g/mol. The van der Waals surface area contributed by atoms with Gasteiger partial charge in [0.1, 0.15) is 6.61 Å². The van der Waals surface area contributed by atoms with Crippen LogP contribution in [0, 0.1) is 0 Å². The maximum Gasteiger partial charge on any atom is 0.245 e. The van der Waals surface area contributed by atoms with Gasteiger partial charge in [0, 0.05) is 15.9 Å².